The molecular formula is C20H19FN4O5S. The molecule has 1 aliphatic rings. The molecule has 0 aliphatic carbocycles. The lowest BCUT2D eigenvalue weighted by molar-refractivity contribution is 0.0605. The topological polar surface area (TPSA) is 114 Å². The number of hydrogen-bond acceptors (Lipinski definition) is 8. The molecule has 9 nitrogen and oxygen atoms in total. The maximum Gasteiger partial charge on any atom is 0.407 e. The van der Waals surface area contributed by atoms with Gasteiger partial charge in [0.1, 0.15) is 39.5 Å². The van der Waals surface area contributed by atoms with Gasteiger partial charge in [0.05, 0.1) is 24.7 Å². The molecule has 162 valence electrons. The number of fused-ring (bicyclic) bond motifs is 1. The van der Waals surface area contributed by atoms with E-state index in [1.54, 1.807) is 6.92 Å². The molecule has 0 saturated carbocycles. The van der Waals surface area contributed by atoms with Crippen LogP contribution in [-0.4, -0.2) is 58.3 Å². The highest BCUT2D eigenvalue weighted by Crippen LogP contribution is 2.37. The number of thiophene rings is 1. The summed E-state index contributed by atoms with van der Waals surface area (Å²) in [6.45, 7) is 2.34. The quantitative estimate of drug-likeness (QED) is 0.569. The Labute approximate surface area is 180 Å². The molecule has 1 saturated heterocycles. The normalized spacial score (nSPS) is 15.8. The lowest BCUT2D eigenvalue weighted by atomic mass is 10.2. The number of nitrogens with zero attached hydrogens (tertiary/aromatic N) is 3. The van der Waals surface area contributed by atoms with E-state index in [-0.39, 0.29) is 12.3 Å². The minimum absolute atomic E-state index is 0.204. The number of aromatic nitrogens is 2. The Hall–Kier alpha value is -3.47. The Morgan fingerprint density at radius 2 is 2.16 bits per heavy atom. The van der Waals surface area contributed by atoms with Crippen LogP contribution >= 0.6 is 11.3 Å². The number of anilines is 2. The smallest absolute Gasteiger partial charge is 0.407 e. The number of esters is 1. The Balaban J connectivity index is 1.66. The number of carbonyl (C=O) groups excluding carboxylic acids is 1. The molecule has 2 N–H and O–H groups in total. The van der Waals surface area contributed by atoms with Crippen molar-refractivity contribution in [2.24, 2.45) is 0 Å². The molecule has 3 aromatic rings. The van der Waals surface area contributed by atoms with Gasteiger partial charge in [0, 0.05) is 19.0 Å². The number of carboxylic acid groups (broad SMARTS) is 1. The number of nitrogens with one attached hydrogen (secondary N) is 1. The van der Waals surface area contributed by atoms with E-state index in [4.69, 9.17) is 14.6 Å². The van der Waals surface area contributed by atoms with Crippen molar-refractivity contribution in [3.05, 3.63) is 40.8 Å². The fourth-order valence-electron chi connectivity index (χ4n) is 3.46. The molecule has 1 amide bonds. The van der Waals surface area contributed by atoms with Gasteiger partial charge in [-0.2, -0.15) is 0 Å². The fourth-order valence-corrected chi connectivity index (χ4v) is 4.52. The molecule has 0 spiro atoms. The standard InChI is InChI=1S/C20H19FN4O5S/c1-10-15-17(22-9-23-18(15)31-16(10)19(26)29-2)24-13-4-3-11(21)7-14(13)30-12-5-6-25(8-12)20(27)28/h3-4,7,9,12H,5-6,8H2,1-2H3,(H,27,28)(H,22,23,24)/t12-/m0/s1. The average molecular weight is 446 g/mol. The fraction of sp³-hybridized carbons (Fsp3) is 0.300. The van der Waals surface area contributed by atoms with Gasteiger partial charge in [0.2, 0.25) is 0 Å². The zero-order valence-corrected chi connectivity index (χ0v) is 17.5. The first-order valence-corrected chi connectivity index (χ1v) is 10.2. The van der Waals surface area contributed by atoms with Gasteiger partial charge < -0.3 is 24.8 Å². The molecule has 4 rings (SSSR count). The van der Waals surface area contributed by atoms with Gasteiger partial charge in [0.15, 0.2) is 0 Å². The summed E-state index contributed by atoms with van der Waals surface area (Å²) >= 11 is 1.20. The van der Waals surface area contributed by atoms with Crippen LogP contribution in [0.5, 0.6) is 5.75 Å². The second-order valence-electron chi connectivity index (χ2n) is 6.97. The third-order valence-corrected chi connectivity index (χ3v) is 6.18. The summed E-state index contributed by atoms with van der Waals surface area (Å²) in [5, 5.41) is 12.9. The second-order valence-corrected chi connectivity index (χ2v) is 7.97. The number of benzene rings is 1. The number of rotatable bonds is 5. The van der Waals surface area contributed by atoms with Crippen LogP contribution in [0.15, 0.2) is 24.5 Å². The largest absolute Gasteiger partial charge is 0.486 e. The maximum absolute atomic E-state index is 13.9. The van der Waals surface area contributed by atoms with E-state index in [2.05, 4.69) is 15.3 Å². The third kappa shape index (κ3) is 4.08. The third-order valence-electron chi connectivity index (χ3n) is 5.00. The number of likely N-dealkylation sites (tertiary alicyclic amines) is 1. The van der Waals surface area contributed by atoms with E-state index in [0.717, 1.165) is 0 Å². The highest BCUT2D eigenvalue weighted by atomic mass is 32.1. The molecule has 1 atom stereocenters. The van der Waals surface area contributed by atoms with Crippen LogP contribution in [0, 0.1) is 12.7 Å². The predicted octanol–water partition coefficient (Wildman–Crippen LogP) is 3.80. The van der Waals surface area contributed by atoms with Crippen molar-refractivity contribution in [1.29, 1.82) is 0 Å². The first-order valence-electron chi connectivity index (χ1n) is 9.41. The Kier molecular flexibility index (Phi) is 5.59. The number of methoxy groups -OCH3 is 1. The molecule has 0 bridgehead atoms. The average Bonchev–Trinajstić information content (AvgIpc) is 3.35. The van der Waals surface area contributed by atoms with Gasteiger partial charge in [-0.1, -0.05) is 0 Å². The van der Waals surface area contributed by atoms with Crippen LogP contribution in [0.25, 0.3) is 10.2 Å². The molecule has 31 heavy (non-hydrogen) atoms. The maximum atomic E-state index is 13.9. The van der Waals surface area contributed by atoms with Gasteiger partial charge in [-0.25, -0.2) is 23.9 Å². The number of carbonyl (C=O) groups is 2. The van der Waals surface area contributed by atoms with Crippen molar-refractivity contribution < 1.29 is 28.6 Å². The molecule has 1 aromatic carbocycles. The van der Waals surface area contributed by atoms with E-state index >= 15 is 0 Å². The Morgan fingerprint density at radius 3 is 2.87 bits per heavy atom. The van der Waals surface area contributed by atoms with E-state index < -0.39 is 24.0 Å². The Morgan fingerprint density at radius 1 is 1.35 bits per heavy atom. The van der Waals surface area contributed by atoms with Gasteiger partial charge in [-0.15, -0.1) is 11.3 Å². The van der Waals surface area contributed by atoms with Gasteiger partial charge in [-0.05, 0) is 24.6 Å². The highest BCUT2D eigenvalue weighted by molar-refractivity contribution is 7.20. The highest BCUT2D eigenvalue weighted by Gasteiger charge is 2.28. The van der Waals surface area contributed by atoms with E-state index in [0.29, 0.717) is 45.1 Å². The summed E-state index contributed by atoms with van der Waals surface area (Å²) in [6.07, 6.45) is 0.471. The van der Waals surface area contributed by atoms with Crippen LogP contribution in [0.1, 0.15) is 21.7 Å². The monoisotopic (exact) mass is 446 g/mol. The minimum Gasteiger partial charge on any atom is -0.486 e. The van der Waals surface area contributed by atoms with Crippen LogP contribution in [0.4, 0.5) is 20.7 Å². The molecule has 3 heterocycles. The number of amides is 1. The lowest BCUT2D eigenvalue weighted by Gasteiger charge is -2.18. The predicted molar refractivity (Wildman–Crippen MR) is 112 cm³/mol. The van der Waals surface area contributed by atoms with Crippen molar-refractivity contribution in [3.8, 4) is 5.75 Å². The summed E-state index contributed by atoms with van der Waals surface area (Å²) in [4.78, 5) is 34.0. The zero-order valence-electron chi connectivity index (χ0n) is 16.7. The number of halogens is 1. The van der Waals surface area contributed by atoms with Crippen molar-refractivity contribution in [2.45, 2.75) is 19.4 Å². The van der Waals surface area contributed by atoms with E-state index in [9.17, 15) is 14.0 Å². The second kappa shape index (κ2) is 8.34. The summed E-state index contributed by atoms with van der Waals surface area (Å²) in [5.41, 5.74) is 1.13. The SMILES string of the molecule is COC(=O)c1sc2ncnc(Nc3ccc(F)cc3O[C@H]3CCN(C(=O)O)C3)c2c1C. The summed E-state index contributed by atoms with van der Waals surface area (Å²) in [7, 11) is 1.31. The molecular weight excluding hydrogens is 427 g/mol. The van der Waals surface area contributed by atoms with Gasteiger partial charge in [0.25, 0.3) is 0 Å². The zero-order chi connectivity index (χ0) is 22.1. The van der Waals surface area contributed by atoms with Gasteiger partial charge >= 0.3 is 12.1 Å². The van der Waals surface area contributed by atoms with E-state index in [1.807, 2.05) is 0 Å². The van der Waals surface area contributed by atoms with Crippen LogP contribution in [0.3, 0.4) is 0 Å². The number of ether oxygens (including phenoxy) is 2. The van der Waals surface area contributed by atoms with Crippen LogP contribution < -0.4 is 10.1 Å². The molecule has 0 radical (unpaired) electrons. The summed E-state index contributed by atoms with van der Waals surface area (Å²) in [5.74, 6) is -0.267. The minimum atomic E-state index is -1.01. The van der Waals surface area contributed by atoms with E-state index in [1.165, 1.54) is 47.9 Å². The van der Waals surface area contributed by atoms with Crippen molar-refractivity contribution in [3.63, 3.8) is 0 Å². The summed E-state index contributed by atoms with van der Waals surface area (Å²) in [6, 6.07) is 4.04. The number of hydrogen-bond donors (Lipinski definition) is 2. The lowest BCUT2D eigenvalue weighted by Crippen LogP contribution is -2.29. The molecule has 1 fully saturated rings. The van der Waals surface area contributed by atoms with Gasteiger partial charge in [-0.3, -0.25) is 0 Å². The Bertz CT molecular complexity index is 1170. The van der Waals surface area contributed by atoms with Crippen LogP contribution in [0.2, 0.25) is 0 Å². The molecule has 0 unspecified atom stereocenters. The molecule has 11 heteroatoms. The number of aryl methyl sites for hydroxylation is 1. The van der Waals surface area contributed by atoms with Crippen molar-refractivity contribution in [1.82, 2.24) is 14.9 Å². The molecule has 2 aromatic heterocycles. The first kappa shape index (κ1) is 20.8. The molecule has 1 aliphatic heterocycles. The van der Waals surface area contributed by atoms with Crippen molar-refractivity contribution >= 4 is 45.1 Å². The van der Waals surface area contributed by atoms with Crippen LogP contribution in [-0.2, 0) is 4.74 Å². The van der Waals surface area contributed by atoms with Crippen molar-refractivity contribution in [2.75, 3.05) is 25.5 Å². The summed E-state index contributed by atoms with van der Waals surface area (Å²) < 4.78 is 24.7. The first-order chi connectivity index (χ1) is 14.9.